The monoisotopic (exact) mass is 474 g/mol. The maximum atomic E-state index is 13.5. The van der Waals surface area contributed by atoms with E-state index < -0.39 is 5.97 Å². The Morgan fingerprint density at radius 2 is 1.63 bits per heavy atom. The van der Waals surface area contributed by atoms with Crippen molar-refractivity contribution in [1.29, 1.82) is 0 Å². The van der Waals surface area contributed by atoms with Gasteiger partial charge >= 0.3 is 5.97 Å². The molecule has 0 atom stereocenters. The minimum absolute atomic E-state index is 0.104. The van der Waals surface area contributed by atoms with Crippen LogP contribution in [0.5, 0.6) is 5.75 Å². The van der Waals surface area contributed by atoms with Gasteiger partial charge in [-0.3, -0.25) is 4.79 Å². The van der Waals surface area contributed by atoms with Crippen LogP contribution in [0.2, 0.25) is 0 Å². The fourth-order valence-corrected chi connectivity index (χ4v) is 5.92. The first-order valence-corrected chi connectivity index (χ1v) is 12.9. The van der Waals surface area contributed by atoms with E-state index in [0.29, 0.717) is 5.92 Å². The van der Waals surface area contributed by atoms with E-state index in [1.807, 2.05) is 23.1 Å². The van der Waals surface area contributed by atoms with E-state index in [1.165, 1.54) is 31.2 Å². The average molecular weight is 475 g/mol. The summed E-state index contributed by atoms with van der Waals surface area (Å²) in [5.41, 5.74) is 4.42. The molecule has 5 rings (SSSR count). The van der Waals surface area contributed by atoms with Gasteiger partial charge in [0.15, 0.2) is 0 Å². The van der Waals surface area contributed by atoms with E-state index in [4.69, 9.17) is 4.74 Å². The van der Waals surface area contributed by atoms with E-state index in [0.717, 1.165) is 66.7 Å². The fourth-order valence-electron chi connectivity index (χ4n) is 5.92. The van der Waals surface area contributed by atoms with Crippen LogP contribution in [-0.4, -0.2) is 46.6 Å². The highest BCUT2D eigenvalue weighted by Gasteiger charge is 2.28. The molecule has 1 saturated carbocycles. The van der Waals surface area contributed by atoms with E-state index >= 15 is 0 Å². The molecule has 35 heavy (non-hydrogen) atoms. The quantitative estimate of drug-likeness (QED) is 0.470. The molecule has 2 fully saturated rings. The van der Waals surface area contributed by atoms with Gasteiger partial charge in [-0.05, 0) is 85.5 Å². The van der Waals surface area contributed by atoms with E-state index in [9.17, 15) is 14.7 Å². The Kier molecular flexibility index (Phi) is 6.80. The summed E-state index contributed by atoms with van der Waals surface area (Å²) < 4.78 is 7.48. The molecule has 1 aromatic heterocycles. The smallest absolute Gasteiger partial charge is 0.335 e. The predicted molar refractivity (Wildman–Crippen MR) is 137 cm³/mol. The molecule has 2 aliphatic rings. The lowest BCUT2D eigenvalue weighted by Gasteiger charge is -2.28. The highest BCUT2D eigenvalue weighted by atomic mass is 16.5. The average Bonchev–Trinajstić information content (AvgIpc) is 3.22. The summed E-state index contributed by atoms with van der Waals surface area (Å²) in [4.78, 5) is 27.3. The molecule has 2 heterocycles. The number of fused-ring (bicyclic) bond motifs is 1. The topological polar surface area (TPSA) is 71.8 Å². The third-order valence-corrected chi connectivity index (χ3v) is 7.73. The van der Waals surface area contributed by atoms with Gasteiger partial charge in [-0.1, -0.05) is 25.3 Å². The van der Waals surface area contributed by atoms with Crippen LogP contribution >= 0.6 is 0 Å². The van der Waals surface area contributed by atoms with Gasteiger partial charge in [0.2, 0.25) is 5.91 Å². The lowest BCUT2D eigenvalue weighted by molar-refractivity contribution is -0.132. The second-order valence-electron chi connectivity index (χ2n) is 9.89. The zero-order valence-corrected chi connectivity index (χ0v) is 20.5. The summed E-state index contributed by atoms with van der Waals surface area (Å²) in [5, 5.41) is 10.8. The molecule has 6 heteroatoms. The van der Waals surface area contributed by atoms with Crippen molar-refractivity contribution in [1.82, 2.24) is 9.47 Å². The van der Waals surface area contributed by atoms with Crippen LogP contribution in [-0.2, 0) is 11.3 Å². The molecule has 184 valence electrons. The van der Waals surface area contributed by atoms with Crippen LogP contribution in [0.25, 0.3) is 22.2 Å². The highest BCUT2D eigenvalue weighted by molar-refractivity contribution is 5.99. The molecular weight excluding hydrogens is 440 g/mol. The third-order valence-electron chi connectivity index (χ3n) is 7.73. The molecule has 1 aliphatic heterocycles. The lowest BCUT2D eigenvalue weighted by atomic mass is 9.82. The molecule has 1 saturated heterocycles. The number of ether oxygens (including phenoxy) is 1. The van der Waals surface area contributed by atoms with Crippen LogP contribution < -0.4 is 4.74 Å². The number of aromatic nitrogens is 1. The Balaban J connectivity index is 1.71. The number of methoxy groups -OCH3 is 1. The fraction of sp³-hybridized carbons (Fsp3) is 0.448. The summed E-state index contributed by atoms with van der Waals surface area (Å²) in [6.45, 7) is 1.81. The number of rotatable bonds is 6. The maximum Gasteiger partial charge on any atom is 0.335 e. The number of likely N-dealkylation sites (tertiary alicyclic amines) is 1. The summed E-state index contributed by atoms with van der Waals surface area (Å²) in [7, 11) is 1.66. The minimum Gasteiger partial charge on any atom is -0.497 e. The first-order chi connectivity index (χ1) is 17.1. The number of hydrogen-bond acceptors (Lipinski definition) is 3. The number of piperidine rings is 1. The van der Waals surface area contributed by atoms with Crippen molar-refractivity contribution >= 4 is 22.8 Å². The molecule has 1 amide bonds. The summed E-state index contributed by atoms with van der Waals surface area (Å²) in [5.74, 6) is 0.332. The van der Waals surface area contributed by atoms with Gasteiger partial charge < -0.3 is 19.3 Å². The molecule has 3 aromatic rings. The highest BCUT2D eigenvalue weighted by Crippen LogP contribution is 2.44. The maximum absolute atomic E-state index is 13.5. The Morgan fingerprint density at radius 3 is 2.29 bits per heavy atom. The first-order valence-electron chi connectivity index (χ1n) is 12.9. The zero-order chi connectivity index (χ0) is 24.4. The van der Waals surface area contributed by atoms with Gasteiger partial charge in [-0.15, -0.1) is 0 Å². The molecule has 0 unspecified atom stereocenters. The SMILES string of the molecule is COc1ccc(-c2c(C3CCCCC3)c3ccc(C(=O)O)cc3n2CC(=O)N2CCCCC2)cc1. The van der Waals surface area contributed by atoms with Gasteiger partial charge in [-0.25, -0.2) is 4.79 Å². The molecular formula is C29H34N2O4. The summed E-state index contributed by atoms with van der Waals surface area (Å²) in [6, 6.07) is 13.4. The number of carboxylic acids is 1. The second-order valence-corrected chi connectivity index (χ2v) is 9.89. The summed E-state index contributed by atoms with van der Waals surface area (Å²) in [6.07, 6.45) is 9.12. The normalized spacial score (nSPS) is 17.0. The van der Waals surface area contributed by atoms with Gasteiger partial charge in [-0.2, -0.15) is 0 Å². The Bertz CT molecular complexity index is 1220. The van der Waals surface area contributed by atoms with E-state index in [2.05, 4.69) is 16.7 Å². The Morgan fingerprint density at radius 1 is 0.943 bits per heavy atom. The Hall–Kier alpha value is -3.28. The largest absolute Gasteiger partial charge is 0.497 e. The van der Waals surface area contributed by atoms with Crippen molar-refractivity contribution in [3.05, 3.63) is 53.6 Å². The van der Waals surface area contributed by atoms with Crippen molar-refractivity contribution in [2.45, 2.75) is 63.8 Å². The number of carbonyl (C=O) groups is 2. The van der Waals surface area contributed by atoms with Crippen LogP contribution in [0, 0.1) is 0 Å². The van der Waals surface area contributed by atoms with Crippen molar-refractivity contribution in [2.24, 2.45) is 0 Å². The van der Waals surface area contributed by atoms with E-state index in [1.54, 1.807) is 19.2 Å². The van der Waals surface area contributed by atoms with Crippen LogP contribution in [0.15, 0.2) is 42.5 Å². The van der Waals surface area contributed by atoms with Crippen molar-refractivity contribution in [3.63, 3.8) is 0 Å². The molecule has 0 radical (unpaired) electrons. The van der Waals surface area contributed by atoms with Gasteiger partial charge in [0.25, 0.3) is 0 Å². The first kappa shape index (κ1) is 23.5. The van der Waals surface area contributed by atoms with Crippen molar-refractivity contribution in [3.8, 4) is 17.0 Å². The molecule has 2 aromatic carbocycles. The van der Waals surface area contributed by atoms with Crippen molar-refractivity contribution in [2.75, 3.05) is 20.2 Å². The number of hydrogen-bond donors (Lipinski definition) is 1. The standard InChI is InChI=1S/C29H34N2O4/c1-35-23-13-10-21(11-14-23)28-27(20-8-4-2-5-9-20)24-15-12-22(29(33)34)18-25(24)31(28)19-26(32)30-16-6-3-7-17-30/h10-15,18,20H,2-9,16-17,19H2,1H3,(H,33,34). The number of carboxylic acid groups (broad SMARTS) is 1. The molecule has 0 spiro atoms. The number of nitrogens with zero attached hydrogens (tertiary/aromatic N) is 2. The van der Waals surface area contributed by atoms with Crippen molar-refractivity contribution < 1.29 is 19.4 Å². The number of amides is 1. The molecule has 0 bridgehead atoms. The lowest BCUT2D eigenvalue weighted by Crippen LogP contribution is -2.37. The number of carbonyl (C=O) groups excluding carboxylic acids is 1. The van der Waals surface area contributed by atoms with Crippen LogP contribution in [0.4, 0.5) is 0 Å². The van der Waals surface area contributed by atoms with Gasteiger partial charge in [0.1, 0.15) is 12.3 Å². The minimum atomic E-state index is -0.952. The Labute approximate surface area is 206 Å². The molecule has 1 N–H and O–H groups in total. The van der Waals surface area contributed by atoms with Gasteiger partial charge in [0, 0.05) is 18.5 Å². The molecule has 6 nitrogen and oxygen atoms in total. The predicted octanol–water partition coefficient (Wildman–Crippen LogP) is 6.08. The van der Waals surface area contributed by atoms with Crippen LogP contribution in [0.1, 0.15) is 73.2 Å². The molecule has 1 aliphatic carbocycles. The van der Waals surface area contributed by atoms with Gasteiger partial charge in [0.05, 0.1) is 23.9 Å². The third kappa shape index (κ3) is 4.66. The van der Waals surface area contributed by atoms with Crippen LogP contribution in [0.3, 0.4) is 0 Å². The zero-order valence-electron chi connectivity index (χ0n) is 20.5. The number of aromatic carboxylic acids is 1. The van der Waals surface area contributed by atoms with E-state index in [-0.39, 0.29) is 18.0 Å². The number of benzene rings is 2. The summed E-state index contributed by atoms with van der Waals surface area (Å²) >= 11 is 0. The second kappa shape index (κ2) is 10.1.